The van der Waals surface area contributed by atoms with E-state index in [1.807, 2.05) is 4.90 Å². The zero-order valence-electron chi connectivity index (χ0n) is 14.6. The van der Waals surface area contributed by atoms with Gasteiger partial charge in [-0.05, 0) is 18.8 Å². The summed E-state index contributed by atoms with van der Waals surface area (Å²) in [5.74, 6) is 0.291. The minimum atomic E-state index is -0.436. The van der Waals surface area contributed by atoms with Crippen LogP contribution in [0.4, 0.5) is 10.3 Å². The number of hydrogen-bond acceptors (Lipinski definition) is 6. The number of nitrogens with one attached hydrogen (secondary N) is 1. The Kier molecular flexibility index (Phi) is 4.31. The molecule has 2 aromatic heterocycles. The first-order valence-electron chi connectivity index (χ1n) is 8.66. The zero-order chi connectivity index (χ0) is 18.1. The van der Waals surface area contributed by atoms with Gasteiger partial charge in [-0.15, -0.1) is 0 Å². The van der Waals surface area contributed by atoms with E-state index in [0.717, 1.165) is 12.8 Å². The van der Waals surface area contributed by atoms with Gasteiger partial charge in [0.25, 0.3) is 5.91 Å². The number of anilines is 1. The molecule has 0 aromatic carbocycles. The first kappa shape index (κ1) is 16.9. The van der Waals surface area contributed by atoms with Crippen molar-refractivity contribution >= 4 is 11.9 Å². The molecule has 0 radical (unpaired) electrons. The number of rotatable bonds is 4. The van der Waals surface area contributed by atoms with Crippen molar-refractivity contribution in [2.24, 2.45) is 13.0 Å². The van der Waals surface area contributed by atoms with Crippen molar-refractivity contribution in [3.05, 3.63) is 36.2 Å². The lowest BCUT2D eigenvalue weighted by Crippen LogP contribution is -2.65. The normalized spacial score (nSPS) is 21.5. The van der Waals surface area contributed by atoms with E-state index in [2.05, 4.69) is 20.4 Å². The Bertz CT molecular complexity index is 777. The van der Waals surface area contributed by atoms with Crippen molar-refractivity contribution in [3.8, 4) is 0 Å². The fourth-order valence-electron chi connectivity index (χ4n) is 3.46. The number of carbonyl (C=O) groups is 1. The Morgan fingerprint density at radius 3 is 2.77 bits per heavy atom. The summed E-state index contributed by atoms with van der Waals surface area (Å²) in [4.78, 5) is 22.1. The summed E-state index contributed by atoms with van der Waals surface area (Å²) < 4.78 is 20.6. The predicted octanol–water partition coefficient (Wildman–Crippen LogP) is 0.765. The number of nitrogens with zero attached hydrogens (tertiary/aromatic N) is 5. The van der Waals surface area contributed by atoms with Crippen LogP contribution in [0.1, 0.15) is 23.2 Å². The van der Waals surface area contributed by atoms with Gasteiger partial charge in [-0.3, -0.25) is 9.48 Å². The Morgan fingerprint density at radius 2 is 2.15 bits per heavy atom. The second-order valence-electron chi connectivity index (χ2n) is 7.07. The van der Waals surface area contributed by atoms with E-state index in [-0.39, 0.29) is 11.5 Å². The van der Waals surface area contributed by atoms with Crippen LogP contribution < -0.4 is 10.2 Å². The molecule has 2 aliphatic heterocycles. The molecule has 1 atom stereocenters. The molecule has 2 aliphatic rings. The van der Waals surface area contributed by atoms with Gasteiger partial charge < -0.3 is 15.0 Å². The third kappa shape index (κ3) is 3.39. The van der Waals surface area contributed by atoms with Crippen molar-refractivity contribution in [3.63, 3.8) is 0 Å². The molecule has 2 fully saturated rings. The van der Waals surface area contributed by atoms with Gasteiger partial charge in [0.05, 0.1) is 43.9 Å². The number of hydrogen-bond donors (Lipinski definition) is 1. The second kappa shape index (κ2) is 6.64. The summed E-state index contributed by atoms with van der Waals surface area (Å²) in [7, 11) is 1.78. The van der Waals surface area contributed by atoms with E-state index in [1.165, 1.54) is 12.4 Å². The molecular formula is C17H21FN6O2. The molecule has 1 amide bonds. The zero-order valence-corrected chi connectivity index (χ0v) is 14.6. The van der Waals surface area contributed by atoms with Crippen molar-refractivity contribution in [2.75, 3.05) is 31.1 Å². The lowest BCUT2D eigenvalue weighted by atomic mass is 9.83. The third-order valence-electron chi connectivity index (χ3n) is 5.00. The molecule has 26 heavy (non-hydrogen) atoms. The first-order valence-corrected chi connectivity index (χ1v) is 8.66. The molecule has 2 saturated heterocycles. The highest BCUT2D eigenvalue weighted by Crippen LogP contribution is 2.37. The molecule has 4 rings (SSSR count). The molecule has 2 aromatic rings. The summed E-state index contributed by atoms with van der Waals surface area (Å²) in [6.07, 6.45) is 7.53. The molecule has 0 saturated carbocycles. The summed E-state index contributed by atoms with van der Waals surface area (Å²) in [6, 6.07) is 0. The summed E-state index contributed by atoms with van der Waals surface area (Å²) in [5.41, 5.74) is 0.399. The summed E-state index contributed by atoms with van der Waals surface area (Å²) >= 11 is 0. The quantitative estimate of drug-likeness (QED) is 0.867. The van der Waals surface area contributed by atoms with Crippen LogP contribution in [-0.4, -0.2) is 57.5 Å². The fraction of sp³-hybridized carbons (Fsp3) is 0.529. The molecule has 9 heteroatoms. The van der Waals surface area contributed by atoms with Crippen LogP contribution in [0, 0.1) is 11.7 Å². The molecule has 8 nitrogen and oxygen atoms in total. The Labute approximate surface area is 150 Å². The van der Waals surface area contributed by atoms with E-state index in [4.69, 9.17) is 4.74 Å². The maximum absolute atomic E-state index is 12.9. The largest absolute Gasteiger partial charge is 0.371 e. The standard InChI is InChI=1S/C17H21FN6O2/c1-23-8-13(5-22-23)15(25)19-4-12-2-3-17(26-9-12)10-24(11-17)16-20-6-14(18)7-21-16/h5-8,12H,2-4,9-11H2,1H3,(H,19,25). The minimum Gasteiger partial charge on any atom is -0.371 e. The van der Waals surface area contributed by atoms with Gasteiger partial charge in [-0.25, -0.2) is 14.4 Å². The van der Waals surface area contributed by atoms with Gasteiger partial charge in [0.1, 0.15) is 5.60 Å². The molecule has 0 aliphatic carbocycles. The molecule has 1 N–H and O–H groups in total. The summed E-state index contributed by atoms with van der Waals surface area (Å²) in [6.45, 7) is 2.64. The van der Waals surface area contributed by atoms with Gasteiger partial charge in [-0.1, -0.05) is 0 Å². The highest BCUT2D eigenvalue weighted by Gasteiger charge is 2.47. The maximum atomic E-state index is 12.9. The van der Waals surface area contributed by atoms with Crippen LogP contribution in [0.15, 0.2) is 24.8 Å². The van der Waals surface area contributed by atoms with Crippen molar-refractivity contribution < 1.29 is 13.9 Å². The second-order valence-corrected chi connectivity index (χ2v) is 7.07. The van der Waals surface area contributed by atoms with E-state index in [1.54, 1.807) is 24.1 Å². The lowest BCUT2D eigenvalue weighted by Gasteiger charge is -2.52. The van der Waals surface area contributed by atoms with E-state index in [9.17, 15) is 9.18 Å². The van der Waals surface area contributed by atoms with E-state index in [0.29, 0.717) is 43.7 Å². The molecular weight excluding hydrogens is 339 g/mol. The van der Waals surface area contributed by atoms with Crippen molar-refractivity contribution in [1.29, 1.82) is 0 Å². The molecule has 1 spiro atoms. The van der Waals surface area contributed by atoms with Crippen LogP contribution in [0.2, 0.25) is 0 Å². The van der Waals surface area contributed by atoms with E-state index < -0.39 is 5.82 Å². The number of halogens is 1. The summed E-state index contributed by atoms with van der Waals surface area (Å²) in [5, 5.41) is 6.95. The van der Waals surface area contributed by atoms with Crippen LogP contribution >= 0.6 is 0 Å². The Hall–Kier alpha value is -2.55. The molecule has 4 heterocycles. The molecule has 0 bridgehead atoms. The fourth-order valence-corrected chi connectivity index (χ4v) is 3.46. The van der Waals surface area contributed by atoms with Gasteiger partial charge in [-0.2, -0.15) is 5.10 Å². The number of ether oxygens (including phenoxy) is 1. The maximum Gasteiger partial charge on any atom is 0.254 e. The Morgan fingerprint density at radius 1 is 1.38 bits per heavy atom. The van der Waals surface area contributed by atoms with Gasteiger partial charge >= 0.3 is 0 Å². The molecule has 1 unspecified atom stereocenters. The Balaban J connectivity index is 1.22. The number of aromatic nitrogens is 4. The number of carbonyl (C=O) groups excluding carboxylic acids is 1. The van der Waals surface area contributed by atoms with Crippen molar-refractivity contribution in [1.82, 2.24) is 25.1 Å². The molecule has 138 valence electrons. The number of aryl methyl sites for hydroxylation is 1. The van der Waals surface area contributed by atoms with Crippen LogP contribution in [0.3, 0.4) is 0 Å². The first-order chi connectivity index (χ1) is 12.5. The van der Waals surface area contributed by atoms with Gasteiger partial charge in [0.2, 0.25) is 5.95 Å². The van der Waals surface area contributed by atoms with Crippen molar-refractivity contribution in [2.45, 2.75) is 18.4 Å². The SMILES string of the molecule is Cn1cc(C(=O)NCC2CCC3(CN(c4ncc(F)cn4)C3)OC2)cn1. The van der Waals surface area contributed by atoms with Gasteiger partial charge in [0, 0.05) is 19.8 Å². The lowest BCUT2D eigenvalue weighted by molar-refractivity contribution is -0.115. The van der Waals surface area contributed by atoms with Crippen LogP contribution in [0.25, 0.3) is 0 Å². The average molecular weight is 360 g/mol. The smallest absolute Gasteiger partial charge is 0.254 e. The number of amides is 1. The van der Waals surface area contributed by atoms with Crippen LogP contribution in [0.5, 0.6) is 0 Å². The highest BCUT2D eigenvalue weighted by atomic mass is 19.1. The topological polar surface area (TPSA) is 85.2 Å². The third-order valence-corrected chi connectivity index (χ3v) is 5.00. The highest BCUT2D eigenvalue weighted by molar-refractivity contribution is 5.93. The minimum absolute atomic E-state index is 0.110. The average Bonchev–Trinajstić information content (AvgIpc) is 3.06. The van der Waals surface area contributed by atoms with E-state index >= 15 is 0 Å². The van der Waals surface area contributed by atoms with Gasteiger partial charge in [0.15, 0.2) is 5.82 Å². The van der Waals surface area contributed by atoms with Crippen LogP contribution in [-0.2, 0) is 11.8 Å². The monoisotopic (exact) mass is 360 g/mol. The predicted molar refractivity (Wildman–Crippen MR) is 91.2 cm³/mol.